The van der Waals surface area contributed by atoms with E-state index in [4.69, 9.17) is 9.47 Å². The van der Waals surface area contributed by atoms with Crippen LogP contribution in [-0.4, -0.2) is 29.3 Å². The number of hydrogen-bond donors (Lipinski definition) is 2. The Bertz CT molecular complexity index is 396. The molecule has 0 bridgehead atoms. The van der Waals surface area contributed by atoms with Crippen LogP contribution in [0, 0.1) is 0 Å². The lowest BCUT2D eigenvalue weighted by Crippen LogP contribution is -2.47. The van der Waals surface area contributed by atoms with Gasteiger partial charge in [0, 0.05) is 6.20 Å². The minimum atomic E-state index is -0.721. The molecule has 0 aliphatic rings. The number of carbonyl (C=O) groups is 2. The van der Waals surface area contributed by atoms with Crippen molar-refractivity contribution >= 4 is 18.1 Å². The molecule has 0 unspecified atom stereocenters. The van der Waals surface area contributed by atoms with Crippen LogP contribution in [0.15, 0.2) is 17.3 Å². The fourth-order valence-electron chi connectivity index (χ4n) is 1.05. The number of nitrogens with zero attached hydrogens (tertiary/aromatic N) is 1. The molecule has 0 radical (unpaired) electrons. The van der Waals surface area contributed by atoms with Gasteiger partial charge in [0.25, 0.3) is 0 Å². The van der Waals surface area contributed by atoms with E-state index in [1.54, 1.807) is 54.5 Å². The van der Waals surface area contributed by atoms with Crippen molar-refractivity contribution < 1.29 is 19.1 Å². The predicted molar refractivity (Wildman–Crippen MR) is 81.0 cm³/mol. The van der Waals surface area contributed by atoms with Crippen molar-refractivity contribution in [3.8, 4) is 0 Å². The Labute approximate surface area is 125 Å². The molecular formula is C14H25N3O4. The van der Waals surface area contributed by atoms with Crippen LogP contribution >= 0.6 is 0 Å². The van der Waals surface area contributed by atoms with Crippen LogP contribution < -0.4 is 10.6 Å². The second-order valence-corrected chi connectivity index (χ2v) is 6.21. The van der Waals surface area contributed by atoms with E-state index >= 15 is 0 Å². The molecule has 0 saturated carbocycles. The fraction of sp³-hybridized carbons (Fsp3) is 0.643. The number of amides is 2. The van der Waals surface area contributed by atoms with Gasteiger partial charge in [0.15, 0.2) is 0 Å². The average molecular weight is 299 g/mol. The van der Waals surface area contributed by atoms with E-state index in [0.29, 0.717) is 0 Å². The van der Waals surface area contributed by atoms with E-state index in [1.807, 2.05) is 0 Å². The molecule has 120 valence electrons. The zero-order valence-electron chi connectivity index (χ0n) is 13.7. The molecule has 0 saturated heterocycles. The number of ether oxygens (including phenoxy) is 2. The second kappa shape index (κ2) is 7.66. The first-order valence-corrected chi connectivity index (χ1v) is 6.62. The van der Waals surface area contributed by atoms with Gasteiger partial charge in [-0.3, -0.25) is 10.6 Å². The Hall–Kier alpha value is -2.05. The third-order valence-corrected chi connectivity index (χ3v) is 1.59. The summed E-state index contributed by atoms with van der Waals surface area (Å²) in [6.07, 6.45) is 1.63. The minimum Gasteiger partial charge on any atom is -0.444 e. The fourth-order valence-corrected chi connectivity index (χ4v) is 1.05. The zero-order valence-corrected chi connectivity index (χ0v) is 13.7. The standard InChI is InChI=1S/C14H25N3O4/c1-8-9-15-10(16-11(18)20-13(2,3)4)17-12(19)21-14(5,6)7/h8-9H,1-7H3,(H2,15,16,17,18,19)/b9-8+. The van der Waals surface area contributed by atoms with E-state index in [1.165, 1.54) is 6.20 Å². The second-order valence-electron chi connectivity index (χ2n) is 6.21. The normalized spacial score (nSPS) is 11.8. The molecule has 0 fully saturated rings. The Balaban J connectivity index is 4.76. The number of guanidine groups is 1. The lowest BCUT2D eigenvalue weighted by molar-refractivity contribution is 0.0545. The summed E-state index contributed by atoms with van der Waals surface area (Å²) in [6.45, 7) is 12.1. The smallest absolute Gasteiger partial charge is 0.414 e. The summed E-state index contributed by atoms with van der Waals surface area (Å²) in [6, 6.07) is 0. The lowest BCUT2D eigenvalue weighted by atomic mass is 10.2. The molecular weight excluding hydrogens is 274 g/mol. The number of rotatable bonds is 1. The summed E-state index contributed by atoms with van der Waals surface area (Å²) in [7, 11) is 0. The van der Waals surface area contributed by atoms with Gasteiger partial charge in [0.1, 0.15) is 11.2 Å². The first-order chi connectivity index (χ1) is 9.43. The van der Waals surface area contributed by atoms with Crippen LogP contribution in [0.3, 0.4) is 0 Å². The molecule has 2 amide bonds. The first kappa shape index (κ1) is 18.9. The van der Waals surface area contributed by atoms with Crippen molar-refractivity contribution in [1.82, 2.24) is 10.6 Å². The molecule has 0 aliphatic carbocycles. The highest BCUT2D eigenvalue weighted by molar-refractivity contribution is 6.01. The largest absolute Gasteiger partial charge is 0.444 e. The van der Waals surface area contributed by atoms with E-state index in [0.717, 1.165) is 0 Å². The number of nitrogens with one attached hydrogen (secondary N) is 2. The summed E-state index contributed by atoms with van der Waals surface area (Å²) in [4.78, 5) is 27.2. The number of allylic oxidation sites excluding steroid dienone is 1. The predicted octanol–water partition coefficient (Wildman–Crippen LogP) is 2.93. The summed E-state index contributed by atoms with van der Waals surface area (Å²) in [5.74, 6) is -0.0726. The topological polar surface area (TPSA) is 89.0 Å². The number of aliphatic imine (C=N–C) groups is 1. The van der Waals surface area contributed by atoms with Gasteiger partial charge in [-0.15, -0.1) is 0 Å². The highest BCUT2D eigenvalue weighted by Crippen LogP contribution is 2.07. The SMILES string of the molecule is C/C=C/N=C(NC(=O)OC(C)(C)C)NC(=O)OC(C)(C)C. The van der Waals surface area contributed by atoms with Gasteiger partial charge in [0.2, 0.25) is 5.96 Å². The van der Waals surface area contributed by atoms with Crippen molar-refractivity contribution in [3.05, 3.63) is 12.3 Å². The minimum absolute atomic E-state index is 0.0726. The Morgan fingerprint density at radius 3 is 1.57 bits per heavy atom. The number of carbonyl (C=O) groups excluding carboxylic acids is 2. The Morgan fingerprint density at radius 1 is 0.905 bits per heavy atom. The van der Waals surface area contributed by atoms with Crippen molar-refractivity contribution in [2.24, 2.45) is 4.99 Å². The Kier molecular flexibility index (Phi) is 6.91. The van der Waals surface area contributed by atoms with Gasteiger partial charge in [-0.1, -0.05) is 6.08 Å². The van der Waals surface area contributed by atoms with Gasteiger partial charge in [-0.25, -0.2) is 14.6 Å². The maximum atomic E-state index is 11.7. The van der Waals surface area contributed by atoms with Gasteiger partial charge in [0.05, 0.1) is 0 Å². The molecule has 7 heteroatoms. The molecule has 0 atom stereocenters. The van der Waals surface area contributed by atoms with Crippen molar-refractivity contribution in [3.63, 3.8) is 0 Å². The van der Waals surface area contributed by atoms with Crippen LogP contribution in [0.1, 0.15) is 48.5 Å². The van der Waals surface area contributed by atoms with Crippen LogP contribution in [0.4, 0.5) is 9.59 Å². The van der Waals surface area contributed by atoms with Crippen LogP contribution in [0.25, 0.3) is 0 Å². The van der Waals surface area contributed by atoms with Crippen LogP contribution in [-0.2, 0) is 9.47 Å². The van der Waals surface area contributed by atoms with Gasteiger partial charge in [-0.05, 0) is 48.5 Å². The van der Waals surface area contributed by atoms with Crippen molar-refractivity contribution in [2.75, 3.05) is 0 Å². The highest BCUT2D eigenvalue weighted by Gasteiger charge is 2.20. The monoisotopic (exact) mass is 299 g/mol. The average Bonchev–Trinajstić information content (AvgIpc) is 2.20. The highest BCUT2D eigenvalue weighted by atomic mass is 16.6. The third kappa shape index (κ3) is 11.5. The number of hydrogen-bond acceptors (Lipinski definition) is 5. The first-order valence-electron chi connectivity index (χ1n) is 6.62. The molecule has 21 heavy (non-hydrogen) atoms. The molecule has 7 nitrogen and oxygen atoms in total. The maximum Gasteiger partial charge on any atom is 0.414 e. The maximum absolute atomic E-state index is 11.7. The molecule has 0 aromatic carbocycles. The van der Waals surface area contributed by atoms with Crippen LogP contribution in [0.5, 0.6) is 0 Å². The van der Waals surface area contributed by atoms with E-state index in [-0.39, 0.29) is 5.96 Å². The quantitative estimate of drug-likeness (QED) is 0.575. The van der Waals surface area contributed by atoms with E-state index in [9.17, 15) is 9.59 Å². The van der Waals surface area contributed by atoms with E-state index < -0.39 is 23.4 Å². The molecule has 0 aromatic heterocycles. The van der Waals surface area contributed by atoms with Gasteiger partial charge in [-0.2, -0.15) is 0 Å². The number of alkyl carbamates (subject to hydrolysis) is 2. The Morgan fingerprint density at radius 2 is 1.29 bits per heavy atom. The molecule has 0 aromatic rings. The molecule has 0 aliphatic heterocycles. The molecule has 2 N–H and O–H groups in total. The van der Waals surface area contributed by atoms with Crippen molar-refractivity contribution in [2.45, 2.75) is 59.7 Å². The summed E-state index contributed by atoms with van der Waals surface area (Å²) < 4.78 is 10.2. The summed E-state index contributed by atoms with van der Waals surface area (Å²) in [5, 5.41) is 4.70. The van der Waals surface area contributed by atoms with Crippen molar-refractivity contribution in [1.29, 1.82) is 0 Å². The summed E-state index contributed by atoms with van der Waals surface area (Å²) in [5.41, 5.74) is -1.30. The van der Waals surface area contributed by atoms with Crippen LogP contribution in [0.2, 0.25) is 0 Å². The summed E-state index contributed by atoms with van der Waals surface area (Å²) >= 11 is 0. The van der Waals surface area contributed by atoms with Gasteiger partial charge >= 0.3 is 12.2 Å². The zero-order chi connectivity index (χ0) is 16.7. The third-order valence-electron chi connectivity index (χ3n) is 1.59. The van der Waals surface area contributed by atoms with E-state index in [2.05, 4.69) is 15.6 Å². The molecule has 0 rings (SSSR count). The molecule has 0 spiro atoms. The lowest BCUT2D eigenvalue weighted by Gasteiger charge is -2.21. The molecule has 0 heterocycles. The van der Waals surface area contributed by atoms with Gasteiger partial charge < -0.3 is 9.47 Å².